The van der Waals surface area contributed by atoms with Gasteiger partial charge in [0.25, 0.3) is 0 Å². The Hall–Kier alpha value is -2.07. The van der Waals surface area contributed by atoms with Crippen molar-refractivity contribution in [2.75, 3.05) is 5.32 Å². The second-order valence-electron chi connectivity index (χ2n) is 4.06. The van der Waals surface area contributed by atoms with Gasteiger partial charge in [0.05, 0.1) is 12.8 Å². The summed E-state index contributed by atoms with van der Waals surface area (Å²) in [5, 5.41) is 6.02. The normalized spacial score (nSPS) is 10.3. The van der Waals surface area contributed by atoms with Crippen LogP contribution in [0.1, 0.15) is 18.2 Å². The Labute approximate surface area is 106 Å². The summed E-state index contributed by atoms with van der Waals surface area (Å²) < 4.78 is 5.22. The van der Waals surface area contributed by atoms with E-state index < -0.39 is 0 Å². The van der Waals surface area contributed by atoms with Crippen molar-refractivity contribution in [1.29, 1.82) is 0 Å². The van der Waals surface area contributed by atoms with Gasteiger partial charge in [-0.25, -0.2) is 0 Å². The first-order chi connectivity index (χ1) is 8.74. The maximum Gasteiger partial charge on any atom is 0.221 e. The molecule has 1 heterocycles. The molecule has 0 radical (unpaired) electrons. The minimum Gasteiger partial charge on any atom is -0.468 e. The van der Waals surface area contributed by atoms with Gasteiger partial charge in [0.1, 0.15) is 5.76 Å². The largest absolute Gasteiger partial charge is 0.468 e. The average molecular weight is 244 g/mol. The highest BCUT2D eigenvalue weighted by molar-refractivity contribution is 5.88. The SMILES string of the molecule is CC(=O)Nc1ccc(CNCc2ccco2)cc1. The molecule has 2 N–H and O–H groups in total. The van der Waals surface area contributed by atoms with Crippen molar-refractivity contribution in [2.24, 2.45) is 0 Å². The summed E-state index contributed by atoms with van der Waals surface area (Å²) in [6.07, 6.45) is 1.67. The van der Waals surface area contributed by atoms with E-state index in [1.807, 2.05) is 36.4 Å². The maximum atomic E-state index is 10.9. The molecule has 2 rings (SSSR count). The van der Waals surface area contributed by atoms with E-state index in [2.05, 4.69) is 10.6 Å². The molecule has 0 saturated heterocycles. The van der Waals surface area contributed by atoms with Crippen molar-refractivity contribution in [3.8, 4) is 0 Å². The smallest absolute Gasteiger partial charge is 0.221 e. The van der Waals surface area contributed by atoms with Gasteiger partial charge in [0, 0.05) is 19.2 Å². The molecule has 0 aliphatic heterocycles. The summed E-state index contributed by atoms with van der Waals surface area (Å²) in [6.45, 7) is 2.97. The monoisotopic (exact) mass is 244 g/mol. The molecule has 0 aliphatic carbocycles. The third kappa shape index (κ3) is 3.75. The summed E-state index contributed by atoms with van der Waals surface area (Å²) in [6, 6.07) is 11.6. The van der Waals surface area contributed by atoms with Crippen LogP contribution >= 0.6 is 0 Å². The topological polar surface area (TPSA) is 54.3 Å². The van der Waals surface area contributed by atoms with Gasteiger partial charge >= 0.3 is 0 Å². The fourth-order valence-electron chi connectivity index (χ4n) is 1.65. The predicted molar refractivity (Wildman–Crippen MR) is 70.0 cm³/mol. The first kappa shape index (κ1) is 12.4. The maximum absolute atomic E-state index is 10.9. The highest BCUT2D eigenvalue weighted by Gasteiger charge is 1.98. The van der Waals surface area contributed by atoms with Crippen LogP contribution in [-0.2, 0) is 17.9 Å². The fraction of sp³-hybridized carbons (Fsp3) is 0.214. The molecule has 1 aromatic carbocycles. The van der Waals surface area contributed by atoms with Gasteiger partial charge in [0.15, 0.2) is 0 Å². The van der Waals surface area contributed by atoms with Gasteiger partial charge in [-0.1, -0.05) is 12.1 Å². The minimum atomic E-state index is -0.0568. The first-order valence-electron chi connectivity index (χ1n) is 5.83. The van der Waals surface area contributed by atoms with Gasteiger partial charge in [-0.05, 0) is 29.8 Å². The third-order valence-corrected chi connectivity index (χ3v) is 2.48. The summed E-state index contributed by atoms with van der Waals surface area (Å²) in [7, 11) is 0. The Kier molecular flexibility index (Phi) is 4.15. The van der Waals surface area contributed by atoms with E-state index in [0.717, 1.165) is 23.6 Å². The number of rotatable bonds is 5. The highest BCUT2D eigenvalue weighted by Crippen LogP contribution is 2.09. The van der Waals surface area contributed by atoms with Gasteiger partial charge in [-0.2, -0.15) is 0 Å². The number of hydrogen-bond donors (Lipinski definition) is 2. The molecule has 1 amide bonds. The molecule has 0 fully saturated rings. The molecular formula is C14H16N2O2. The zero-order valence-electron chi connectivity index (χ0n) is 10.3. The van der Waals surface area contributed by atoms with Crippen LogP contribution in [0.5, 0.6) is 0 Å². The van der Waals surface area contributed by atoms with Crippen LogP contribution in [0, 0.1) is 0 Å². The number of carbonyl (C=O) groups excluding carboxylic acids is 1. The van der Waals surface area contributed by atoms with E-state index in [9.17, 15) is 4.79 Å². The number of anilines is 1. The lowest BCUT2D eigenvalue weighted by Gasteiger charge is -2.05. The van der Waals surface area contributed by atoms with Gasteiger partial charge in [-0.15, -0.1) is 0 Å². The van der Waals surface area contributed by atoms with E-state index in [0.29, 0.717) is 6.54 Å². The number of benzene rings is 1. The molecule has 0 saturated carbocycles. The Balaban J connectivity index is 1.81. The number of hydrogen-bond acceptors (Lipinski definition) is 3. The zero-order chi connectivity index (χ0) is 12.8. The number of amides is 1. The summed E-state index contributed by atoms with van der Waals surface area (Å²) in [5.74, 6) is 0.864. The second-order valence-corrected chi connectivity index (χ2v) is 4.06. The molecule has 0 spiro atoms. The minimum absolute atomic E-state index is 0.0568. The van der Waals surface area contributed by atoms with Gasteiger partial charge in [-0.3, -0.25) is 4.79 Å². The molecular weight excluding hydrogens is 228 g/mol. The van der Waals surface area contributed by atoms with Gasteiger partial charge < -0.3 is 15.1 Å². The van der Waals surface area contributed by atoms with E-state index >= 15 is 0 Å². The fourth-order valence-corrected chi connectivity index (χ4v) is 1.65. The van der Waals surface area contributed by atoms with Crippen LogP contribution in [0.3, 0.4) is 0 Å². The predicted octanol–water partition coefficient (Wildman–Crippen LogP) is 2.53. The van der Waals surface area contributed by atoms with Crippen LogP contribution in [0.25, 0.3) is 0 Å². The zero-order valence-corrected chi connectivity index (χ0v) is 10.3. The molecule has 0 atom stereocenters. The standard InChI is InChI=1S/C14H16N2O2/c1-11(17)16-13-6-4-12(5-7-13)9-15-10-14-3-2-8-18-14/h2-8,15H,9-10H2,1H3,(H,16,17). The Morgan fingerprint density at radius 1 is 1.17 bits per heavy atom. The molecule has 94 valence electrons. The van der Waals surface area contributed by atoms with Crippen LogP contribution in [-0.4, -0.2) is 5.91 Å². The molecule has 4 heteroatoms. The van der Waals surface area contributed by atoms with Crippen molar-refractivity contribution in [2.45, 2.75) is 20.0 Å². The quantitative estimate of drug-likeness (QED) is 0.849. The Morgan fingerprint density at radius 3 is 2.56 bits per heavy atom. The van der Waals surface area contributed by atoms with E-state index in [-0.39, 0.29) is 5.91 Å². The molecule has 1 aromatic heterocycles. The van der Waals surface area contributed by atoms with Crippen LogP contribution in [0.2, 0.25) is 0 Å². The van der Waals surface area contributed by atoms with Crippen molar-refractivity contribution in [3.05, 3.63) is 54.0 Å². The average Bonchev–Trinajstić information content (AvgIpc) is 2.84. The van der Waals surface area contributed by atoms with Crippen molar-refractivity contribution < 1.29 is 9.21 Å². The molecule has 4 nitrogen and oxygen atoms in total. The van der Waals surface area contributed by atoms with Crippen molar-refractivity contribution in [1.82, 2.24) is 5.32 Å². The summed E-state index contributed by atoms with van der Waals surface area (Å²) >= 11 is 0. The number of furan rings is 1. The van der Waals surface area contributed by atoms with Crippen LogP contribution < -0.4 is 10.6 Å². The first-order valence-corrected chi connectivity index (χ1v) is 5.83. The Bertz CT molecular complexity index is 489. The van der Waals surface area contributed by atoms with E-state index in [4.69, 9.17) is 4.42 Å². The van der Waals surface area contributed by atoms with Gasteiger partial charge in [0.2, 0.25) is 5.91 Å². The lowest BCUT2D eigenvalue weighted by molar-refractivity contribution is -0.114. The molecule has 0 bridgehead atoms. The Morgan fingerprint density at radius 2 is 1.94 bits per heavy atom. The number of carbonyl (C=O) groups is 1. The third-order valence-electron chi connectivity index (χ3n) is 2.48. The lowest BCUT2D eigenvalue weighted by atomic mass is 10.2. The van der Waals surface area contributed by atoms with Crippen molar-refractivity contribution >= 4 is 11.6 Å². The highest BCUT2D eigenvalue weighted by atomic mass is 16.3. The lowest BCUT2D eigenvalue weighted by Crippen LogP contribution is -2.12. The van der Waals surface area contributed by atoms with Crippen molar-refractivity contribution in [3.63, 3.8) is 0 Å². The van der Waals surface area contributed by atoms with Crippen LogP contribution in [0.4, 0.5) is 5.69 Å². The van der Waals surface area contributed by atoms with E-state index in [1.165, 1.54) is 6.92 Å². The molecule has 0 aliphatic rings. The summed E-state index contributed by atoms with van der Waals surface area (Å²) in [5.41, 5.74) is 1.98. The summed E-state index contributed by atoms with van der Waals surface area (Å²) in [4.78, 5) is 10.9. The molecule has 2 aromatic rings. The molecule has 18 heavy (non-hydrogen) atoms. The van der Waals surface area contributed by atoms with Crippen LogP contribution in [0.15, 0.2) is 47.1 Å². The number of nitrogens with one attached hydrogen (secondary N) is 2. The second kappa shape index (κ2) is 6.02. The van der Waals surface area contributed by atoms with E-state index in [1.54, 1.807) is 6.26 Å². The molecule has 0 unspecified atom stereocenters.